The molecular formula is C16H24FN3O2. The first-order valence-corrected chi connectivity index (χ1v) is 7.56. The van der Waals surface area contributed by atoms with Crippen molar-refractivity contribution in [3.8, 4) is 0 Å². The minimum absolute atomic E-state index is 0.0833. The van der Waals surface area contributed by atoms with Crippen molar-refractivity contribution in [1.82, 2.24) is 4.98 Å². The monoisotopic (exact) mass is 309 g/mol. The van der Waals surface area contributed by atoms with Crippen molar-refractivity contribution in [3.05, 3.63) is 18.5 Å². The number of nitrogens with two attached hydrogens (primary N) is 1. The Balaban J connectivity index is 2.02. The third kappa shape index (κ3) is 4.32. The number of esters is 1. The number of anilines is 2. The Bertz CT molecular complexity index is 530. The van der Waals surface area contributed by atoms with Crippen LogP contribution in [0.4, 0.5) is 15.8 Å². The van der Waals surface area contributed by atoms with Crippen molar-refractivity contribution in [3.63, 3.8) is 0 Å². The van der Waals surface area contributed by atoms with E-state index in [1.54, 1.807) is 12.4 Å². The maximum absolute atomic E-state index is 14.2. The second-order valence-electron chi connectivity index (χ2n) is 6.74. The zero-order valence-corrected chi connectivity index (χ0v) is 13.4. The van der Waals surface area contributed by atoms with Crippen LogP contribution in [0, 0.1) is 5.92 Å². The molecule has 1 fully saturated rings. The fourth-order valence-electron chi connectivity index (χ4n) is 2.70. The molecule has 22 heavy (non-hydrogen) atoms. The molecule has 2 heterocycles. The Hall–Kier alpha value is -1.85. The molecule has 2 atom stereocenters. The number of hydrogen-bond acceptors (Lipinski definition) is 5. The topological polar surface area (TPSA) is 68.5 Å². The van der Waals surface area contributed by atoms with Gasteiger partial charge in [0.15, 0.2) is 0 Å². The van der Waals surface area contributed by atoms with E-state index >= 15 is 0 Å². The van der Waals surface area contributed by atoms with E-state index in [1.807, 2.05) is 31.7 Å². The van der Waals surface area contributed by atoms with Gasteiger partial charge >= 0.3 is 5.97 Å². The molecule has 1 aliphatic rings. The molecule has 0 spiro atoms. The van der Waals surface area contributed by atoms with Gasteiger partial charge in [0.05, 0.1) is 24.0 Å². The SMILES string of the molecule is CC(C)(C)OC(=O)C[C@@H]1CN(c2ccncc2N)CC[C@H]1F. The van der Waals surface area contributed by atoms with Gasteiger partial charge in [0.2, 0.25) is 0 Å². The van der Waals surface area contributed by atoms with Gasteiger partial charge in [-0.25, -0.2) is 4.39 Å². The number of ether oxygens (including phenoxy) is 1. The van der Waals surface area contributed by atoms with Crippen LogP contribution in [0.25, 0.3) is 0 Å². The highest BCUT2D eigenvalue weighted by Crippen LogP contribution is 2.30. The minimum Gasteiger partial charge on any atom is -0.460 e. The molecule has 1 aromatic rings. The van der Waals surface area contributed by atoms with Gasteiger partial charge < -0.3 is 15.4 Å². The average Bonchev–Trinajstić information content (AvgIpc) is 2.40. The molecule has 2 rings (SSSR count). The summed E-state index contributed by atoms with van der Waals surface area (Å²) in [4.78, 5) is 17.9. The fourth-order valence-corrected chi connectivity index (χ4v) is 2.70. The first-order chi connectivity index (χ1) is 10.3. The molecule has 0 bridgehead atoms. The number of alkyl halides is 1. The molecule has 0 amide bonds. The number of rotatable bonds is 3. The maximum Gasteiger partial charge on any atom is 0.306 e. The van der Waals surface area contributed by atoms with Crippen LogP contribution < -0.4 is 10.6 Å². The van der Waals surface area contributed by atoms with Crippen molar-refractivity contribution in [2.24, 2.45) is 5.92 Å². The third-order valence-corrected chi connectivity index (χ3v) is 3.66. The van der Waals surface area contributed by atoms with Gasteiger partial charge in [-0.3, -0.25) is 9.78 Å². The second-order valence-corrected chi connectivity index (χ2v) is 6.74. The van der Waals surface area contributed by atoms with Crippen LogP contribution in [0.5, 0.6) is 0 Å². The smallest absolute Gasteiger partial charge is 0.306 e. The summed E-state index contributed by atoms with van der Waals surface area (Å²) in [6.07, 6.45) is 2.72. The summed E-state index contributed by atoms with van der Waals surface area (Å²) in [5.74, 6) is -0.735. The quantitative estimate of drug-likeness (QED) is 0.869. The highest BCUT2D eigenvalue weighted by Gasteiger charge is 2.33. The summed E-state index contributed by atoms with van der Waals surface area (Å²) >= 11 is 0. The van der Waals surface area contributed by atoms with Gasteiger partial charge in [-0.1, -0.05) is 0 Å². The van der Waals surface area contributed by atoms with E-state index in [1.165, 1.54) is 0 Å². The van der Waals surface area contributed by atoms with Crippen molar-refractivity contribution in [2.45, 2.75) is 45.4 Å². The molecular weight excluding hydrogens is 285 g/mol. The van der Waals surface area contributed by atoms with Crippen LogP contribution >= 0.6 is 0 Å². The number of halogens is 1. The van der Waals surface area contributed by atoms with Crippen LogP contribution in [0.15, 0.2) is 18.5 Å². The third-order valence-electron chi connectivity index (χ3n) is 3.66. The van der Waals surface area contributed by atoms with E-state index in [0.29, 0.717) is 25.2 Å². The van der Waals surface area contributed by atoms with Crippen molar-refractivity contribution in [1.29, 1.82) is 0 Å². The molecule has 1 aromatic heterocycles. The van der Waals surface area contributed by atoms with Gasteiger partial charge in [0.25, 0.3) is 0 Å². The Labute approximate surface area is 130 Å². The lowest BCUT2D eigenvalue weighted by Crippen LogP contribution is -2.43. The summed E-state index contributed by atoms with van der Waals surface area (Å²) in [5.41, 5.74) is 6.79. The number of piperidine rings is 1. The Morgan fingerprint density at radius 3 is 2.91 bits per heavy atom. The number of carbonyl (C=O) groups is 1. The number of carbonyl (C=O) groups excluding carboxylic acids is 1. The summed E-state index contributed by atoms with van der Waals surface area (Å²) in [5, 5.41) is 0. The van der Waals surface area contributed by atoms with Crippen LogP contribution in [0.1, 0.15) is 33.6 Å². The lowest BCUT2D eigenvalue weighted by Gasteiger charge is -2.37. The van der Waals surface area contributed by atoms with E-state index in [0.717, 1.165) is 5.69 Å². The normalized spacial score (nSPS) is 22.5. The first kappa shape index (κ1) is 16.5. The summed E-state index contributed by atoms with van der Waals surface area (Å²) in [6, 6.07) is 1.82. The van der Waals surface area contributed by atoms with Crippen LogP contribution in [-0.4, -0.2) is 35.8 Å². The van der Waals surface area contributed by atoms with Gasteiger partial charge in [-0.2, -0.15) is 0 Å². The zero-order chi connectivity index (χ0) is 16.3. The largest absolute Gasteiger partial charge is 0.460 e. The lowest BCUT2D eigenvalue weighted by molar-refractivity contribution is -0.156. The number of pyridine rings is 1. The number of nitrogen functional groups attached to an aromatic ring is 1. The molecule has 5 nitrogen and oxygen atoms in total. The highest BCUT2D eigenvalue weighted by atomic mass is 19.1. The van der Waals surface area contributed by atoms with Crippen molar-refractivity contribution in [2.75, 3.05) is 23.7 Å². The average molecular weight is 309 g/mol. The van der Waals surface area contributed by atoms with Gasteiger partial charge in [0, 0.05) is 25.2 Å². The molecule has 0 radical (unpaired) electrons. The molecule has 122 valence electrons. The van der Waals surface area contributed by atoms with Gasteiger partial charge in [-0.15, -0.1) is 0 Å². The Kier molecular flexibility index (Phi) is 4.88. The molecule has 2 N–H and O–H groups in total. The van der Waals surface area contributed by atoms with E-state index < -0.39 is 11.8 Å². The number of nitrogens with zero attached hydrogens (tertiary/aromatic N) is 2. The molecule has 1 saturated heterocycles. The van der Waals surface area contributed by atoms with Crippen molar-refractivity contribution < 1.29 is 13.9 Å². The molecule has 0 aromatic carbocycles. The van der Waals surface area contributed by atoms with Crippen molar-refractivity contribution >= 4 is 17.3 Å². The molecule has 0 aliphatic carbocycles. The fraction of sp³-hybridized carbons (Fsp3) is 0.625. The molecule has 0 saturated carbocycles. The standard InChI is InChI=1S/C16H24FN3O2/c1-16(2,3)22-15(21)8-11-10-20(7-5-12(11)17)14-4-6-19-9-13(14)18/h4,6,9,11-12H,5,7-8,10,18H2,1-3H3/t11-,12-/m1/s1. The molecule has 0 unspecified atom stereocenters. The minimum atomic E-state index is -0.994. The van der Waals surface area contributed by atoms with Crippen LogP contribution in [0.3, 0.4) is 0 Å². The van der Waals surface area contributed by atoms with Crippen LogP contribution in [0.2, 0.25) is 0 Å². The Morgan fingerprint density at radius 1 is 1.55 bits per heavy atom. The predicted octanol–water partition coefficient (Wildman–Crippen LogP) is 2.56. The van der Waals surface area contributed by atoms with Crippen LogP contribution in [-0.2, 0) is 9.53 Å². The lowest BCUT2D eigenvalue weighted by atomic mass is 9.92. The van der Waals surface area contributed by atoms with Gasteiger partial charge in [0.1, 0.15) is 11.8 Å². The van der Waals surface area contributed by atoms with Gasteiger partial charge in [-0.05, 0) is 33.3 Å². The molecule has 1 aliphatic heterocycles. The number of hydrogen-bond donors (Lipinski definition) is 1. The number of aromatic nitrogens is 1. The van der Waals surface area contributed by atoms with E-state index in [-0.39, 0.29) is 18.3 Å². The highest BCUT2D eigenvalue weighted by molar-refractivity contribution is 5.71. The van der Waals surface area contributed by atoms with E-state index in [9.17, 15) is 9.18 Å². The predicted molar refractivity (Wildman–Crippen MR) is 84.3 cm³/mol. The summed E-state index contributed by atoms with van der Waals surface area (Å²) in [7, 11) is 0. The maximum atomic E-state index is 14.2. The van der Waals surface area contributed by atoms with E-state index in [2.05, 4.69) is 4.98 Å². The van der Waals surface area contributed by atoms with E-state index in [4.69, 9.17) is 10.5 Å². The second kappa shape index (κ2) is 6.50. The Morgan fingerprint density at radius 2 is 2.27 bits per heavy atom. The summed E-state index contributed by atoms with van der Waals surface area (Å²) < 4.78 is 19.4. The molecule has 6 heteroatoms. The first-order valence-electron chi connectivity index (χ1n) is 7.56. The summed E-state index contributed by atoms with van der Waals surface area (Å²) in [6.45, 7) is 6.46. The zero-order valence-electron chi connectivity index (χ0n) is 13.4.